The minimum absolute atomic E-state index is 0.0423. The molecule has 136 valence electrons. The van der Waals surface area contributed by atoms with Gasteiger partial charge >= 0.3 is 0 Å². The SMILES string of the molecule is CCC(C)NC(=O)CCC(=O)N1CC2CC(C1)c1cccc(=O)n1C2. The summed E-state index contributed by atoms with van der Waals surface area (Å²) in [6, 6.07) is 5.54. The molecule has 6 heteroatoms. The standard InChI is InChI=1S/C19H27N3O3/c1-3-13(2)20-17(23)7-8-18(24)21-10-14-9-15(12-21)16-5-4-6-19(25)22(16)11-14/h4-6,13-15H,3,7-12H2,1-2H3,(H,20,23). The van der Waals surface area contributed by atoms with Crippen LogP contribution in [0.4, 0.5) is 0 Å². The van der Waals surface area contributed by atoms with Crippen LogP contribution in [-0.4, -0.2) is 40.4 Å². The Hall–Kier alpha value is -2.11. The third kappa shape index (κ3) is 3.94. The molecule has 3 unspecified atom stereocenters. The van der Waals surface area contributed by atoms with E-state index in [4.69, 9.17) is 0 Å². The van der Waals surface area contributed by atoms with E-state index in [1.807, 2.05) is 29.4 Å². The van der Waals surface area contributed by atoms with Gasteiger partial charge in [-0.2, -0.15) is 0 Å². The number of fused-ring (bicyclic) bond motifs is 4. The number of carbonyl (C=O) groups is 2. The van der Waals surface area contributed by atoms with Gasteiger partial charge in [0.25, 0.3) is 5.56 Å². The van der Waals surface area contributed by atoms with Crippen molar-refractivity contribution in [2.45, 2.75) is 58.0 Å². The van der Waals surface area contributed by atoms with Gasteiger partial charge < -0.3 is 14.8 Å². The molecule has 2 bridgehead atoms. The summed E-state index contributed by atoms with van der Waals surface area (Å²) in [6.07, 6.45) is 2.41. The van der Waals surface area contributed by atoms with Crippen LogP contribution in [0.5, 0.6) is 0 Å². The van der Waals surface area contributed by atoms with Gasteiger partial charge in [0, 0.05) is 56.2 Å². The lowest BCUT2D eigenvalue weighted by Crippen LogP contribution is -2.49. The van der Waals surface area contributed by atoms with Crippen LogP contribution in [-0.2, 0) is 16.1 Å². The first-order chi connectivity index (χ1) is 12.0. The van der Waals surface area contributed by atoms with Crippen LogP contribution in [0.1, 0.15) is 51.1 Å². The summed E-state index contributed by atoms with van der Waals surface area (Å²) in [4.78, 5) is 38.3. The summed E-state index contributed by atoms with van der Waals surface area (Å²) in [5.41, 5.74) is 1.09. The largest absolute Gasteiger partial charge is 0.354 e. The van der Waals surface area contributed by atoms with Crippen molar-refractivity contribution in [3.8, 4) is 0 Å². The number of amides is 2. The molecule has 1 fully saturated rings. The van der Waals surface area contributed by atoms with Crippen molar-refractivity contribution in [1.82, 2.24) is 14.8 Å². The fraction of sp³-hybridized carbons (Fsp3) is 0.632. The highest BCUT2D eigenvalue weighted by Crippen LogP contribution is 2.35. The van der Waals surface area contributed by atoms with Gasteiger partial charge in [-0.15, -0.1) is 0 Å². The smallest absolute Gasteiger partial charge is 0.250 e. The number of likely N-dealkylation sites (tertiary alicyclic amines) is 1. The maximum atomic E-state index is 12.5. The Morgan fingerprint density at radius 2 is 2.04 bits per heavy atom. The van der Waals surface area contributed by atoms with Gasteiger partial charge in [0.05, 0.1) is 0 Å². The summed E-state index contributed by atoms with van der Waals surface area (Å²) in [6.45, 7) is 6.00. The zero-order valence-electron chi connectivity index (χ0n) is 15.0. The van der Waals surface area contributed by atoms with Gasteiger partial charge in [-0.1, -0.05) is 13.0 Å². The summed E-state index contributed by atoms with van der Waals surface area (Å²) >= 11 is 0. The predicted octanol–water partition coefficient (Wildman–Crippen LogP) is 1.49. The highest BCUT2D eigenvalue weighted by Gasteiger charge is 2.36. The van der Waals surface area contributed by atoms with Crippen LogP contribution < -0.4 is 10.9 Å². The predicted molar refractivity (Wildman–Crippen MR) is 95.3 cm³/mol. The number of aromatic nitrogens is 1. The van der Waals surface area contributed by atoms with Gasteiger partial charge in [0.1, 0.15) is 0 Å². The van der Waals surface area contributed by atoms with E-state index in [1.165, 1.54) is 0 Å². The van der Waals surface area contributed by atoms with Crippen molar-refractivity contribution < 1.29 is 9.59 Å². The summed E-state index contributed by atoms with van der Waals surface area (Å²) in [5, 5.41) is 2.90. The van der Waals surface area contributed by atoms with Crippen LogP contribution in [0.2, 0.25) is 0 Å². The van der Waals surface area contributed by atoms with E-state index in [-0.39, 0.29) is 42.2 Å². The number of hydrogen-bond acceptors (Lipinski definition) is 3. The first-order valence-corrected chi connectivity index (χ1v) is 9.24. The zero-order chi connectivity index (χ0) is 18.0. The van der Waals surface area contributed by atoms with Crippen molar-refractivity contribution in [1.29, 1.82) is 0 Å². The second-order valence-electron chi connectivity index (χ2n) is 7.37. The fourth-order valence-electron chi connectivity index (χ4n) is 3.93. The van der Waals surface area contributed by atoms with E-state index in [0.29, 0.717) is 25.6 Å². The third-order valence-corrected chi connectivity index (χ3v) is 5.42. The highest BCUT2D eigenvalue weighted by atomic mass is 16.2. The van der Waals surface area contributed by atoms with E-state index in [0.717, 1.165) is 18.5 Å². The average Bonchev–Trinajstić information content (AvgIpc) is 2.60. The molecule has 6 nitrogen and oxygen atoms in total. The lowest BCUT2D eigenvalue weighted by molar-refractivity contribution is -0.136. The molecule has 3 heterocycles. The molecule has 1 aromatic rings. The van der Waals surface area contributed by atoms with Crippen LogP contribution >= 0.6 is 0 Å². The lowest BCUT2D eigenvalue weighted by atomic mass is 9.83. The summed E-state index contributed by atoms with van der Waals surface area (Å²) < 4.78 is 1.86. The molecule has 2 amide bonds. The number of piperidine rings is 1. The highest BCUT2D eigenvalue weighted by molar-refractivity contribution is 5.84. The van der Waals surface area contributed by atoms with Crippen LogP contribution in [0, 0.1) is 5.92 Å². The second-order valence-corrected chi connectivity index (χ2v) is 7.37. The molecular formula is C19H27N3O3. The maximum Gasteiger partial charge on any atom is 0.250 e. The molecule has 1 saturated heterocycles. The molecule has 3 atom stereocenters. The van der Waals surface area contributed by atoms with E-state index < -0.39 is 0 Å². The Kier molecular flexibility index (Phi) is 5.25. The van der Waals surface area contributed by atoms with E-state index in [2.05, 4.69) is 5.32 Å². The first-order valence-electron chi connectivity index (χ1n) is 9.24. The fourth-order valence-corrected chi connectivity index (χ4v) is 3.93. The van der Waals surface area contributed by atoms with E-state index >= 15 is 0 Å². The second kappa shape index (κ2) is 7.42. The van der Waals surface area contributed by atoms with Crippen LogP contribution in [0.15, 0.2) is 23.0 Å². The molecule has 0 spiro atoms. The molecule has 0 aromatic carbocycles. The molecule has 2 aliphatic heterocycles. The van der Waals surface area contributed by atoms with Crippen LogP contribution in [0.25, 0.3) is 0 Å². The Bertz CT molecular complexity index is 712. The minimum Gasteiger partial charge on any atom is -0.354 e. The van der Waals surface area contributed by atoms with Crippen LogP contribution in [0.3, 0.4) is 0 Å². The maximum absolute atomic E-state index is 12.5. The van der Waals surface area contributed by atoms with Crippen molar-refractivity contribution in [3.05, 3.63) is 34.2 Å². The van der Waals surface area contributed by atoms with Gasteiger partial charge in [0.15, 0.2) is 0 Å². The normalized spacial score (nSPS) is 22.9. The number of rotatable bonds is 5. The lowest BCUT2D eigenvalue weighted by Gasteiger charge is -2.42. The molecule has 1 N–H and O–H groups in total. The third-order valence-electron chi connectivity index (χ3n) is 5.42. The quantitative estimate of drug-likeness (QED) is 0.879. The van der Waals surface area contributed by atoms with Gasteiger partial charge in [-0.05, 0) is 31.7 Å². The molecular weight excluding hydrogens is 318 g/mol. The van der Waals surface area contributed by atoms with Crippen molar-refractivity contribution >= 4 is 11.8 Å². The molecule has 1 aromatic heterocycles. The Labute approximate surface area is 148 Å². The monoisotopic (exact) mass is 345 g/mol. The molecule has 3 rings (SSSR count). The summed E-state index contributed by atoms with van der Waals surface area (Å²) in [7, 11) is 0. The Balaban J connectivity index is 1.60. The number of carbonyl (C=O) groups excluding carboxylic acids is 2. The minimum atomic E-state index is -0.0585. The summed E-state index contributed by atoms with van der Waals surface area (Å²) in [5.74, 6) is 0.529. The molecule has 2 aliphatic rings. The number of pyridine rings is 1. The number of nitrogens with zero attached hydrogens (tertiary/aromatic N) is 2. The average molecular weight is 345 g/mol. The van der Waals surface area contributed by atoms with Gasteiger partial charge in [-0.3, -0.25) is 14.4 Å². The van der Waals surface area contributed by atoms with Crippen molar-refractivity contribution in [3.63, 3.8) is 0 Å². The molecule has 0 saturated carbocycles. The zero-order valence-corrected chi connectivity index (χ0v) is 15.0. The Morgan fingerprint density at radius 3 is 2.80 bits per heavy atom. The molecule has 25 heavy (non-hydrogen) atoms. The molecule has 0 radical (unpaired) electrons. The van der Waals surface area contributed by atoms with Gasteiger partial charge in [0.2, 0.25) is 11.8 Å². The van der Waals surface area contributed by atoms with Crippen molar-refractivity contribution in [2.24, 2.45) is 5.92 Å². The first kappa shape index (κ1) is 17.7. The molecule has 0 aliphatic carbocycles. The van der Waals surface area contributed by atoms with Gasteiger partial charge in [-0.25, -0.2) is 0 Å². The Morgan fingerprint density at radius 1 is 1.24 bits per heavy atom. The van der Waals surface area contributed by atoms with E-state index in [1.54, 1.807) is 12.1 Å². The van der Waals surface area contributed by atoms with Crippen molar-refractivity contribution in [2.75, 3.05) is 13.1 Å². The number of hydrogen-bond donors (Lipinski definition) is 1. The topological polar surface area (TPSA) is 71.4 Å². The number of nitrogens with one attached hydrogen (secondary N) is 1. The van der Waals surface area contributed by atoms with E-state index in [9.17, 15) is 14.4 Å².